The Morgan fingerprint density at radius 1 is 1.20 bits per heavy atom. The summed E-state index contributed by atoms with van der Waals surface area (Å²) >= 11 is 0. The van der Waals surface area contributed by atoms with Crippen LogP contribution in [0, 0.1) is 12.8 Å². The Morgan fingerprint density at radius 2 is 1.85 bits per heavy atom. The molecule has 0 unspecified atom stereocenters. The van der Waals surface area contributed by atoms with E-state index in [9.17, 15) is 9.59 Å². The molecule has 20 heavy (non-hydrogen) atoms. The zero-order chi connectivity index (χ0) is 14.5. The first-order valence-electron chi connectivity index (χ1n) is 6.95. The second kappa shape index (κ2) is 6.41. The van der Waals surface area contributed by atoms with Crippen LogP contribution >= 0.6 is 0 Å². The van der Waals surface area contributed by atoms with Crippen LogP contribution in [-0.4, -0.2) is 29.8 Å². The zero-order valence-electron chi connectivity index (χ0n) is 12.0. The van der Waals surface area contributed by atoms with Gasteiger partial charge in [-0.1, -0.05) is 18.2 Å². The van der Waals surface area contributed by atoms with Crippen molar-refractivity contribution < 1.29 is 9.59 Å². The van der Waals surface area contributed by atoms with Crippen LogP contribution < -0.4 is 10.9 Å². The minimum Gasteiger partial charge on any atom is -0.343 e. The van der Waals surface area contributed by atoms with Crippen molar-refractivity contribution in [2.24, 2.45) is 5.92 Å². The lowest BCUT2D eigenvalue weighted by atomic mass is 9.96. The van der Waals surface area contributed by atoms with Crippen molar-refractivity contribution >= 4 is 17.5 Å². The Hall–Kier alpha value is -2.04. The number of rotatable bonds is 3. The highest BCUT2D eigenvalue weighted by Gasteiger charge is 2.25. The van der Waals surface area contributed by atoms with Gasteiger partial charge in [0.25, 0.3) is 0 Å². The van der Waals surface area contributed by atoms with Gasteiger partial charge in [-0.05, 0) is 31.4 Å². The summed E-state index contributed by atoms with van der Waals surface area (Å²) in [6.45, 7) is 4.88. The number of nitrogens with one attached hydrogen (secondary N) is 2. The highest BCUT2D eigenvalue weighted by atomic mass is 16.2. The molecule has 0 saturated carbocycles. The van der Waals surface area contributed by atoms with Gasteiger partial charge in [-0.25, -0.2) is 0 Å². The van der Waals surface area contributed by atoms with E-state index >= 15 is 0 Å². The molecule has 1 aliphatic rings. The number of hydrogen-bond acceptors (Lipinski definition) is 3. The number of hydrogen-bond donors (Lipinski definition) is 2. The molecule has 1 aromatic rings. The summed E-state index contributed by atoms with van der Waals surface area (Å²) < 4.78 is 0. The third kappa shape index (κ3) is 3.50. The number of para-hydroxylation sites is 1. The molecule has 0 bridgehead atoms. The third-order valence-electron chi connectivity index (χ3n) is 3.78. The molecule has 0 atom stereocenters. The van der Waals surface area contributed by atoms with E-state index in [1.807, 2.05) is 31.2 Å². The normalized spacial score (nSPS) is 15.8. The van der Waals surface area contributed by atoms with Crippen molar-refractivity contribution in [3.8, 4) is 0 Å². The maximum atomic E-state index is 12.1. The average molecular weight is 275 g/mol. The van der Waals surface area contributed by atoms with Crippen LogP contribution in [0.2, 0.25) is 0 Å². The molecule has 1 aliphatic heterocycles. The summed E-state index contributed by atoms with van der Waals surface area (Å²) in [5.41, 5.74) is 7.71. The van der Waals surface area contributed by atoms with Crippen molar-refractivity contribution in [3.05, 3.63) is 29.8 Å². The van der Waals surface area contributed by atoms with Crippen LogP contribution in [0.4, 0.5) is 5.69 Å². The smallest absolute Gasteiger partial charge is 0.241 e. The highest BCUT2D eigenvalue weighted by Crippen LogP contribution is 2.18. The number of carbonyl (C=O) groups excluding carboxylic acids is 2. The molecular weight excluding hydrogens is 254 g/mol. The Labute approximate surface area is 119 Å². The lowest BCUT2D eigenvalue weighted by Gasteiger charge is -2.30. The Balaban J connectivity index is 1.82. The van der Waals surface area contributed by atoms with E-state index < -0.39 is 0 Å². The largest absolute Gasteiger partial charge is 0.343 e. The van der Waals surface area contributed by atoms with E-state index in [-0.39, 0.29) is 17.7 Å². The Morgan fingerprint density at radius 3 is 2.45 bits per heavy atom. The van der Waals surface area contributed by atoms with Gasteiger partial charge in [0, 0.05) is 25.9 Å². The number of anilines is 1. The molecule has 0 spiro atoms. The zero-order valence-corrected chi connectivity index (χ0v) is 12.0. The summed E-state index contributed by atoms with van der Waals surface area (Å²) in [6, 6.07) is 7.79. The summed E-state index contributed by atoms with van der Waals surface area (Å²) in [4.78, 5) is 25.1. The number of aryl methyl sites for hydroxylation is 1. The molecule has 5 nitrogen and oxygen atoms in total. The van der Waals surface area contributed by atoms with E-state index in [2.05, 4.69) is 10.9 Å². The number of benzene rings is 1. The summed E-state index contributed by atoms with van der Waals surface area (Å²) in [5.74, 6) is 0.0560. The van der Waals surface area contributed by atoms with Crippen LogP contribution in [-0.2, 0) is 9.59 Å². The molecule has 1 heterocycles. The molecule has 2 N–H and O–H groups in total. The van der Waals surface area contributed by atoms with Gasteiger partial charge >= 0.3 is 0 Å². The van der Waals surface area contributed by atoms with Gasteiger partial charge < -0.3 is 4.90 Å². The summed E-state index contributed by atoms with van der Waals surface area (Å²) in [6.07, 6.45) is 1.45. The maximum absolute atomic E-state index is 12.1. The lowest BCUT2D eigenvalue weighted by molar-refractivity contribution is -0.133. The fourth-order valence-electron chi connectivity index (χ4n) is 2.40. The maximum Gasteiger partial charge on any atom is 0.241 e. The summed E-state index contributed by atoms with van der Waals surface area (Å²) in [5, 5.41) is 0. The average Bonchev–Trinajstić information content (AvgIpc) is 2.46. The number of hydrazine groups is 1. The number of nitrogens with zero attached hydrogens (tertiary/aromatic N) is 1. The number of amides is 2. The molecule has 1 aromatic carbocycles. The van der Waals surface area contributed by atoms with Crippen molar-refractivity contribution in [3.63, 3.8) is 0 Å². The van der Waals surface area contributed by atoms with Crippen LogP contribution in [0.3, 0.4) is 0 Å². The first-order chi connectivity index (χ1) is 9.58. The first-order valence-corrected chi connectivity index (χ1v) is 6.95. The minimum absolute atomic E-state index is 0.00328. The molecule has 0 aliphatic carbocycles. The van der Waals surface area contributed by atoms with Crippen molar-refractivity contribution in [2.75, 3.05) is 18.5 Å². The molecule has 1 fully saturated rings. The quantitative estimate of drug-likeness (QED) is 0.825. The molecule has 0 aromatic heterocycles. The Bertz CT molecular complexity index is 494. The van der Waals surface area contributed by atoms with Crippen LogP contribution in [0.5, 0.6) is 0 Å². The molecule has 108 valence electrons. The fraction of sp³-hybridized carbons (Fsp3) is 0.467. The van der Waals surface area contributed by atoms with Gasteiger partial charge in [-0.15, -0.1) is 0 Å². The predicted octanol–water partition coefficient (Wildman–Crippen LogP) is 1.70. The van der Waals surface area contributed by atoms with Gasteiger partial charge in [0.15, 0.2) is 0 Å². The van der Waals surface area contributed by atoms with Crippen LogP contribution in [0.1, 0.15) is 25.3 Å². The minimum atomic E-state index is -0.0258. The van der Waals surface area contributed by atoms with E-state index in [0.717, 1.165) is 24.1 Å². The SMILES string of the molecule is CC(=O)N1CCC(C(=O)NNc2ccccc2C)CC1. The molecule has 2 amide bonds. The highest BCUT2D eigenvalue weighted by molar-refractivity contribution is 5.80. The fourth-order valence-corrected chi connectivity index (χ4v) is 2.40. The van der Waals surface area contributed by atoms with E-state index in [1.165, 1.54) is 0 Å². The molecule has 2 rings (SSSR count). The van der Waals surface area contributed by atoms with E-state index in [0.29, 0.717) is 13.1 Å². The van der Waals surface area contributed by atoms with Crippen molar-refractivity contribution in [1.82, 2.24) is 10.3 Å². The lowest BCUT2D eigenvalue weighted by Crippen LogP contribution is -2.43. The van der Waals surface area contributed by atoms with Crippen LogP contribution in [0.25, 0.3) is 0 Å². The molecule has 5 heteroatoms. The van der Waals surface area contributed by atoms with Crippen molar-refractivity contribution in [1.29, 1.82) is 0 Å². The molecular formula is C15H21N3O2. The summed E-state index contributed by atoms with van der Waals surface area (Å²) in [7, 11) is 0. The van der Waals surface area contributed by atoms with E-state index in [4.69, 9.17) is 0 Å². The number of piperidine rings is 1. The topological polar surface area (TPSA) is 61.4 Å². The van der Waals surface area contributed by atoms with Crippen molar-refractivity contribution in [2.45, 2.75) is 26.7 Å². The molecule has 1 saturated heterocycles. The molecule has 0 radical (unpaired) electrons. The van der Waals surface area contributed by atoms with Gasteiger partial charge in [0.05, 0.1) is 5.69 Å². The first kappa shape index (κ1) is 14.4. The third-order valence-corrected chi connectivity index (χ3v) is 3.78. The standard InChI is InChI=1S/C15H21N3O2/c1-11-5-3-4-6-14(11)16-17-15(20)13-7-9-18(10-8-13)12(2)19/h3-6,13,16H,7-10H2,1-2H3,(H,17,20). The predicted molar refractivity (Wildman–Crippen MR) is 77.9 cm³/mol. The van der Waals surface area contributed by atoms with Gasteiger partial charge in [-0.3, -0.25) is 20.4 Å². The van der Waals surface area contributed by atoms with Gasteiger partial charge in [0.1, 0.15) is 0 Å². The van der Waals surface area contributed by atoms with Crippen LogP contribution in [0.15, 0.2) is 24.3 Å². The van der Waals surface area contributed by atoms with Gasteiger partial charge in [-0.2, -0.15) is 0 Å². The number of carbonyl (C=O) groups is 2. The van der Waals surface area contributed by atoms with E-state index in [1.54, 1.807) is 11.8 Å². The number of likely N-dealkylation sites (tertiary alicyclic amines) is 1. The monoisotopic (exact) mass is 275 g/mol. The Kier molecular flexibility index (Phi) is 4.61. The second-order valence-electron chi connectivity index (χ2n) is 5.21. The second-order valence-corrected chi connectivity index (χ2v) is 5.21. The van der Waals surface area contributed by atoms with Gasteiger partial charge in [0.2, 0.25) is 11.8 Å².